The molecule has 0 radical (unpaired) electrons. The van der Waals surface area contributed by atoms with Crippen molar-refractivity contribution in [2.24, 2.45) is 5.92 Å². The Hall–Kier alpha value is -1.39. The van der Waals surface area contributed by atoms with E-state index in [1.54, 1.807) is 0 Å². The summed E-state index contributed by atoms with van der Waals surface area (Å²) in [5, 5.41) is 12.1. The average Bonchev–Trinajstić information content (AvgIpc) is 2.43. The molecular formula is C14H21NO3. The molecule has 0 aliphatic rings. The van der Waals surface area contributed by atoms with Crippen molar-refractivity contribution in [3.8, 4) is 0 Å². The molecule has 0 saturated carbocycles. The predicted octanol–water partition coefficient (Wildman–Crippen LogP) is 1.51. The van der Waals surface area contributed by atoms with E-state index in [4.69, 9.17) is 9.84 Å². The zero-order chi connectivity index (χ0) is 13.4. The zero-order valence-corrected chi connectivity index (χ0v) is 10.9. The Bertz CT molecular complexity index is 353. The second-order valence-electron chi connectivity index (χ2n) is 4.23. The van der Waals surface area contributed by atoms with Gasteiger partial charge in [-0.05, 0) is 18.5 Å². The number of nitrogens with one attached hydrogen (secondary N) is 1. The van der Waals surface area contributed by atoms with Crippen LogP contribution in [-0.2, 0) is 9.53 Å². The third-order valence-corrected chi connectivity index (χ3v) is 2.93. The third-order valence-electron chi connectivity index (χ3n) is 2.93. The molecule has 0 saturated heterocycles. The molecule has 2 atom stereocenters. The van der Waals surface area contributed by atoms with Crippen molar-refractivity contribution < 1.29 is 14.6 Å². The van der Waals surface area contributed by atoms with Gasteiger partial charge in [0, 0.05) is 12.6 Å². The summed E-state index contributed by atoms with van der Waals surface area (Å²) in [7, 11) is 1.40. The van der Waals surface area contributed by atoms with Gasteiger partial charge in [0.2, 0.25) is 0 Å². The van der Waals surface area contributed by atoms with Crippen molar-refractivity contribution >= 4 is 5.97 Å². The van der Waals surface area contributed by atoms with Crippen LogP contribution in [-0.4, -0.2) is 31.3 Å². The fourth-order valence-corrected chi connectivity index (χ4v) is 1.90. The Kier molecular flexibility index (Phi) is 6.39. The average molecular weight is 251 g/mol. The fraction of sp³-hybridized carbons (Fsp3) is 0.500. The molecule has 0 aliphatic carbocycles. The molecule has 0 aliphatic heterocycles. The number of esters is 1. The summed E-state index contributed by atoms with van der Waals surface area (Å²) in [5.41, 5.74) is 1.05. The molecule has 18 heavy (non-hydrogen) atoms. The van der Waals surface area contributed by atoms with Crippen LogP contribution in [0.2, 0.25) is 0 Å². The van der Waals surface area contributed by atoms with Crippen LogP contribution in [0.5, 0.6) is 0 Å². The lowest BCUT2D eigenvalue weighted by atomic mass is 9.94. The lowest BCUT2D eigenvalue weighted by molar-refractivity contribution is -0.145. The molecule has 0 fully saturated rings. The largest absolute Gasteiger partial charge is 0.469 e. The summed E-state index contributed by atoms with van der Waals surface area (Å²) in [6.07, 6.45) is 0.664. The standard InChI is InChI=1S/C14H21NO3/c1-11(14(17)18-2)13(15-9-6-10-16)12-7-4-3-5-8-12/h3-5,7-8,11,13,15-16H,6,9-10H2,1-2H3. The van der Waals surface area contributed by atoms with E-state index in [1.807, 2.05) is 37.3 Å². The molecule has 1 aromatic carbocycles. The van der Waals surface area contributed by atoms with Gasteiger partial charge in [0.05, 0.1) is 13.0 Å². The molecule has 0 heterocycles. The first-order valence-corrected chi connectivity index (χ1v) is 6.17. The summed E-state index contributed by atoms with van der Waals surface area (Å²) in [6, 6.07) is 9.70. The Morgan fingerprint density at radius 2 is 2.06 bits per heavy atom. The van der Waals surface area contributed by atoms with E-state index in [0.717, 1.165) is 5.56 Å². The van der Waals surface area contributed by atoms with E-state index in [0.29, 0.717) is 13.0 Å². The molecule has 1 rings (SSSR count). The number of aliphatic hydroxyl groups excluding tert-OH is 1. The number of hydrogen-bond donors (Lipinski definition) is 2. The molecule has 0 aromatic heterocycles. The smallest absolute Gasteiger partial charge is 0.310 e. The normalized spacial score (nSPS) is 13.9. The lowest BCUT2D eigenvalue weighted by Gasteiger charge is -2.24. The molecule has 2 unspecified atom stereocenters. The topological polar surface area (TPSA) is 58.6 Å². The number of ether oxygens (including phenoxy) is 1. The van der Waals surface area contributed by atoms with Gasteiger partial charge in [-0.2, -0.15) is 0 Å². The summed E-state index contributed by atoms with van der Waals surface area (Å²) < 4.78 is 4.79. The summed E-state index contributed by atoms with van der Waals surface area (Å²) in [6.45, 7) is 2.65. The Balaban J connectivity index is 2.78. The van der Waals surface area contributed by atoms with Gasteiger partial charge >= 0.3 is 5.97 Å². The van der Waals surface area contributed by atoms with Crippen molar-refractivity contribution in [2.45, 2.75) is 19.4 Å². The van der Waals surface area contributed by atoms with Gasteiger partial charge in [-0.25, -0.2) is 0 Å². The summed E-state index contributed by atoms with van der Waals surface area (Å²) in [4.78, 5) is 11.6. The van der Waals surface area contributed by atoms with Gasteiger partial charge in [-0.1, -0.05) is 37.3 Å². The van der Waals surface area contributed by atoms with E-state index in [-0.39, 0.29) is 24.5 Å². The Morgan fingerprint density at radius 1 is 1.39 bits per heavy atom. The Morgan fingerprint density at radius 3 is 2.61 bits per heavy atom. The molecule has 1 aromatic rings. The van der Waals surface area contributed by atoms with Crippen molar-refractivity contribution in [1.29, 1.82) is 0 Å². The molecule has 4 nitrogen and oxygen atoms in total. The summed E-state index contributed by atoms with van der Waals surface area (Å²) in [5.74, 6) is -0.503. The van der Waals surface area contributed by atoms with Crippen LogP contribution >= 0.6 is 0 Å². The third kappa shape index (κ3) is 4.13. The highest BCUT2D eigenvalue weighted by Crippen LogP contribution is 2.22. The molecule has 0 spiro atoms. The highest BCUT2D eigenvalue weighted by atomic mass is 16.5. The number of benzene rings is 1. The minimum atomic E-state index is -0.268. The quantitative estimate of drug-likeness (QED) is 0.569. The van der Waals surface area contributed by atoms with Crippen LogP contribution in [0.3, 0.4) is 0 Å². The van der Waals surface area contributed by atoms with Crippen LogP contribution in [0.15, 0.2) is 30.3 Å². The fourth-order valence-electron chi connectivity index (χ4n) is 1.90. The number of hydrogen-bond acceptors (Lipinski definition) is 4. The van der Waals surface area contributed by atoms with Crippen molar-refractivity contribution in [2.75, 3.05) is 20.3 Å². The molecular weight excluding hydrogens is 230 g/mol. The maximum absolute atomic E-state index is 11.6. The van der Waals surface area contributed by atoms with Crippen molar-refractivity contribution in [3.05, 3.63) is 35.9 Å². The minimum absolute atomic E-state index is 0.0924. The van der Waals surface area contributed by atoms with Crippen molar-refractivity contribution in [1.82, 2.24) is 5.32 Å². The van der Waals surface area contributed by atoms with Gasteiger partial charge in [0.25, 0.3) is 0 Å². The second kappa shape index (κ2) is 7.84. The van der Waals surface area contributed by atoms with E-state index in [2.05, 4.69) is 5.32 Å². The number of aliphatic hydroxyl groups is 1. The number of carbonyl (C=O) groups excluding carboxylic acids is 1. The van der Waals surface area contributed by atoms with Gasteiger partial charge in [0.1, 0.15) is 0 Å². The van der Waals surface area contributed by atoms with E-state index in [9.17, 15) is 4.79 Å². The SMILES string of the molecule is COC(=O)C(C)C(NCCCO)c1ccccc1. The van der Waals surface area contributed by atoms with Gasteiger partial charge in [-0.3, -0.25) is 4.79 Å². The Labute approximate surface area is 108 Å². The van der Waals surface area contributed by atoms with Gasteiger partial charge in [0.15, 0.2) is 0 Å². The summed E-state index contributed by atoms with van der Waals surface area (Å²) >= 11 is 0. The van der Waals surface area contributed by atoms with E-state index in [1.165, 1.54) is 7.11 Å². The molecule has 2 N–H and O–H groups in total. The highest BCUT2D eigenvalue weighted by molar-refractivity contribution is 5.73. The first-order valence-electron chi connectivity index (χ1n) is 6.17. The van der Waals surface area contributed by atoms with Crippen molar-refractivity contribution in [3.63, 3.8) is 0 Å². The number of methoxy groups -OCH3 is 1. The predicted molar refractivity (Wildman–Crippen MR) is 70.1 cm³/mol. The monoisotopic (exact) mass is 251 g/mol. The van der Waals surface area contributed by atoms with Crippen LogP contribution in [0.1, 0.15) is 24.9 Å². The second-order valence-corrected chi connectivity index (χ2v) is 4.23. The first kappa shape index (κ1) is 14.7. The molecule has 100 valence electrons. The zero-order valence-electron chi connectivity index (χ0n) is 10.9. The van der Waals surface area contributed by atoms with Crippen LogP contribution < -0.4 is 5.32 Å². The molecule has 4 heteroatoms. The van der Waals surface area contributed by atoms with Gasteiger partial charge in [-0.15, -0.1) is 0 Å². The van der Waals surface area contributed by atoms with Crippen LogP contribution in [0.25, 0.3) is 0 Å². The maximum atomic E-state index is 11.6. The van der Waals surface area contributed by atoms with Crippen LogP contribution in [0.4, 0.5) is 0 Å². The number of carbonyl (C=O) groups is 1. The minimum Gasteiger partial charge on any atom is -0.469 e. The highest BCUT2D eigenvalue weighted by Gasteiger charge is 2.25. The first-order chi connectivity index (χ1) is 8.70. The maximum Gasteiger partial charge on any atom is 0.310 e. The molecule has 0 amide bonds. The van der Waals surface area contributed by atoms with Crippen LogP contribution in [0, 0.1) is 5.92 Å². The molecule has 0 bridgehead atoms. The van der Waals surface area contributed by atoms with E-state index < -0.39 is 0 Å². The van der Waals surface area contributed by atoms with Gasteiger partial charge < -0.3 is 15.2 Å². The lowest BCUT2D eigenvalue weighted by Crippen LogP contribution is -2.33. The number of rotatable bonds is 7. The van der Waals surface area contributed by atoms with E-state index >= 15 is 0 Å².